The summed E-state index contributed by atoms with van der Waals surface area (Å²) in [5.41, 5.74) is 2.59. The van der Waals surface area contributed by atoms with Crippen molar-refractivity contribution < 1.29 is 4.74 Å². The number of nitrogens with zero attached hydrogens (tertiary/aromatic N) is 1. The summed E-state index contributed by atoms with van der Waals surface area (Å²) < 4.78 is 8.99. The maximum atomic E-state index is 6.48. The number of hydrogen-bond donors (Lipinski definition) is 0. The van der Waals surface area contributed by atoms with E-state index >= 15 is 0 Å². The van der Waals surface area contributed by atoms with Gasteiger partial charge < -0.3 is 4.74 Å². The predicted octanol–water partition coefficient (Wildman–Crippen LogP) is 5.62. The second-order valence-corrected chi connectivity index (χ2v) is 16.6. The lowest BCUT2D eigenvalue weighted by molar-refractivity contribution is 0.316. The molecule has 0 spiro atoms. The molecule has 3 atom stereocenters. The van der Waals surface area contributed by atoms with Crippen molar-refractivity contribution >= 4 is 26.7 Å². The lowest BCUT2D eigenvalue weighted by Gasteiger charge is -2.28. The zero-order chi connectivity index (χ0) is 17.6. The number of epoxide rings is 1. The van der Waals surface area contributed by atoms with Crippen LogP contribution in [0.2, 0.25) is 19.6 Å². The molecule has 0 amide bonds. The first-order valence-electron chi connectivity index (χ1n) is 8.52. The van der Waals surface area contributed by atoms with Crippen molar-refractivity contribution in [2.45, 2.75) is 77.4 Å². The summed E-state index contributed by atoms with van der Waals surface area (Å²) in [5, 5.41) is 0. The molecule has 0 saturated carbocycles. The van der Waals surface area contributed by atoms with Gasteiger partial charge in [0.1, 0.15) is 8.07 Å². The van der Waals surface area contributed by atoms with E-state index in [1.807, 2.05) is 0 Å². The molecule has 0 N–H and O–H groups in total. The van der Waals surface area contributed by atoms with Crippen molar-refractivity contribution in [3.8, 4) is 0 Å². The highest BCUT2D eigenvalue weighted by Crippen LogP contribution is 2.69. The van der Waals surface area contributed by atoms with Crippen LogP contribution in [0.25, 0.3) is 0 Å². The van der Waals surface area contributed by atoms with Crippen LogP contribution >= 0.6 is 6.85 Å². The van der Waals surface area contributed by atoms with Crippen LogP contribution in [-0.4, -0.2) is 29.8 Å². The van der Waals surface area contributed by atoms with Gasteiger partial charge >= 0.3 is 6.85 Å². The summed E-state index contributed by atoms with van der Waals surface area (Å²) in [6, 6.07) is 9.70. The van der Waals surface area contributed by atoms with Gasteiger partial charge in [0, 0.05) is 12.1 Å². The molecule has 2 rings (SSSR count). The zero-order valence-corrected chi connectivity index (χ0v) is 18.5. The molecule has 1 aromatic carbocycles. The van der Waals surface area contributed by atoms with Crippen molar-refractivity contribution in [2.24, 2.45) is 0 Å². The van der Waals surface area contributed by atoms with E-state index in [0.717, 1.165) is 0 Å². The number of ether oxygens (including phenoxy) is 1. The van der Waals surface area contributed by atoms with Crippen molar-refractivity contribution in [2.75, 3.05) is 0 Å². The second-order valence-electron chi connectivity index (χ2n) is 8.20. The molecule has 1 aliphatic heterocycles. The van der Waals surface area contributed by atoms with Crippen molar-refractivity contribution in [3.05, 3.63) is 35.4 Å². The molecule has 128 valence electrons. The SMILES string of the molecule is Cc1ccc([C@@H]2O[C@]2([P+](=S)N(C(C)C)C(C)C)[Si](C)(C)C)cc1. The summed E-state index contributed by atoms with van der Waals surface area (Å²) in [5.74, 6) is 0. The van der Waals surface area contributed by atoms with Crippen LogP contribution in [0, 0.1) is 6.92 Å². The van der Waals surface area contributed by atoms with E-state index in [1.165, 1.54) is 11.1 Å². The average Bonchev–Trinajstić information content (AvgIpc) is 3.14. The quantitative estimate of drug-likeness (QED) is 0.368. The zero-order valence-electron chi connectivity index (χ0n) is 15.8. The minimum absolute atomic E-state index is 0.110. The van der Waals surface area contributed by atoms with Crippen LogP contribution in [0.5, 0.6) is 0 Å². The van der Waals surface area contributed by atoms with E-state index < -0.39 is 14.9 Å². The van der Waals surface area contributed by atoms with Crippen LogP contribution < -0.4 is 0 Å². The van der Waals surface area contributed by atoms with Gasteiger partial charge in [-0.2, -0.15) is 0 Å². The van der Waals surface area contributed by atoms with Gasteiger partial charge in [-0.1, -0.05) is 49.5 Å². The Morgan fingerprint density at radius 2 is 1.57 bits per heavy atom. The molecule has 23 heavy (non-hydrogen) atoms. The van der Waals surface area contributed by atoms with Gasteiger partial charge in [-0.15, -0.1) is 4.67 Å². The standard InChI is InChI=1S/C18H31NOPSSi/c1-13(2)19(14(3)4)21(22)18(23(6,7)8)17(20-18)16-11-9-15(5)10-12-16/h9-14,17H,1-8H3/q+1/t17-,18+/m0/s1. The van der Waals surface area contributed by atoms with E-state index in [4.69, 9.17) is 16.5 Å². The third-order valence-corrected chi connectivity index (χ3v) is 13.9. The van der Waals surface area contributed by atoms with Crippen molar-refractivity contribution in [3.63, 3.8) is 0 Å². The monoisotopic (exact) mass is 368 g/mol. The molecule has 5 heteroatoms. The second kappa shape index (κ2) is 6.65. The normalized spacial score (nSPS) is 25.3. The molecule has 1 fully saturated rings. The number of benzene rings is 1. The van der Waals surface area contributed by atoms with Gasteiger partial charge in [-0.3, -0.25) is 0 Å². The molecular weight excluding hydrogens is 337 g/mol. The molecule has 1 aromatic rings. The first-order valence-corrected chi connectivity index (χ1v) is 14.3. The Hall–Kier alpha value is -0.123. The molecule has 0 radical (unpaired) electrons. The summed E-state index contributed by atoms with van der Waals surface area (Å²) in [4.78, 5) is -0.110. The van der Waals surface area contributed by atoms with Crippen LogP contribution in [0.3, 0.4) is 0 Å². The highest BCUT2D eigenvalue weighted by Gasteiger charge is 2.77. The fourth-order valence-electron chi connectivity index (χ4n) is 3.37. The molecule has 0 aromatic heterocycles. The van der Waals surface area contributed by atoms with Gasteiger partial charge in [-0.05, 0) is 40.2 Å². The van der Waals surface area contributed by atoms with Crippen LogP contribution in [-0.2, 0) is 16.5 Å². The van der Waals surface area contributed by atoms with E-state index in [0.29, 0.717) is 12.1 Å². The van der Waals surface area contributed by atoms with Crippen LogP contribution in [0.1, 0.15) is 44.9 Å². The topological polar surface area (TPSA) is 15.8 Å². The summed E-state index contributed by atoms with van der Waals surface area (Å²) in [6.45, 7) is 17.6. The Kier molecular flexibility index (Phi) is 5.55. The molecule has 0 aliphatic carbocycles. The largest absolute Gasteiger partial charge is 0.319 e. The molecule has 1 unspecified atom stereocenters. The first-order chi connectivity index (χ1) is 10.5. The maximum Gasteiger partial charge on any atom is 0.300 e. The number of aryl methyl sites for hydroxylation is 1. The Balaban J connectivity index is 2.40. The van der Waals surface area contributed by atoms with Gasteiger partial charge in [-0.25, -0.2) is 0 Å². The lowest BCUT2D eigenvalue weighted by Crippen LogP contribution is -2.45. The summed E-state index contributed by atoms with van der Waals surface area (Å²) in [6.07, 6.45) is 0.179. The van der Waals surface area contributed by atoms with E-state index in [1.54, 1.807) is 0 Å². The van der Waals surface area contributed by atoms with E-state index in [2.05, 4.69) is 83.2 Å². The maximum absolute atomic E-state index is 6.48. The highest BCUT2D eigenvalue weighted by atomic mass is 32.4. The summed E-state index contributed by atoms with van der Waals surface area (Å²) >= 11 is 6.16. The molecule has 2 nitrogen and oxygen atoms in total. The molecule has 1 saturated heterocycles. The fourth-order valence-corrected chi connectivity index (χ4v) is 13.2. The minimum atomic E-state index is -1.59. The van der Waals surface area contributed by atoms with Gasteiger partial charge in [0.15, 0.2) is 17.9 Å². The Morgan fingerprint density at radius 3 is 1.96 bits per heavy atom. The Morgan fingerprint density at radius 1 is 1.09 bits per heavy atom. The third-order valence-electron chi connectivity index (χ3n) is 4.60. The predicted molar refractivity (Wildman–Crippen MR) is 107 cm³/mol. The van der Waals surface area contributed by atoms with Crippen molar-refractivity contribution in [1.82, 2.24) is 4.67 Å². The molecule has 1 heterocycles. The molecular formula is C18H31NOPSSi+. The number of hydrogen-bond acceptors (Lipinski definition) is 2. The summed E-state index contributed by atoms with van der Waals surface area (Å²) in [7, 11) is -1.59. The lowest BCUT2D eigenvalue weighted by atomic mass is 10.1. The Bertz CT molecular complexity index is 574. The third kappa shape index (κ3) is 3.47. The minimum Gasteiger partial charge on any atom is -0.319 e. The average molecular weight is 369 g/mol. The van der Waals surface area contributed by atoms with Gasteiger partial charge in [0.2, 0.25) is 0 Å². The van der Waals surface area contributed by atoms with Gasteiger partial charge in [0.25, 0.3) is 4.97 Å². The van der Waals surface area contributed by atoms with Crippen LogP contribution in [0.15, 0.2) is 24.3 Å². The smallest absolute Gasteiger partial charge is 0.300 e. The van der Waals surface area contributed by atoms with Crippen molar-refractivity contribution in [1.29, 1.82) is 0 Å². The Labute approximate surface area is 149 Å². The van der Waals surface area contributed by atoms with E-state index in [-0.39, 0.29) is 11.1 Å². The highest BCUT2D eigenvalue weighted by molar-refractivity contribution is 8.05. The molecule has 0 bridgehead atoms. The van der Waals surface area contributed by atoms with E-state index in [9.17, 15) is 0 Å². The molecule has 1 aliphatic rings. The van der Waals surface area contributed by atoms with Gasteiger partial charge in [0.05, 0.1) is 0 Å². The first kappa shape index (κ1) is 19.2. The fraction of sp³-hybridized carbons (Fsp3) is 0.667. The number of rotatable bonds is 6. The van der Waals surface area contributed by atoms with Crippen LogP contribution in [0.4, 0.5) is 0 Å².